The summed E-state index contributed by atoms with van der Waals surface area (Å²) in [6, 6.07) is 13.1. The van der Waals surface area contributed by atoms with Gasteiger partial charge >= 0.3 is 0 Å². The minimum Gasteiger partial charge on any atom is -0.394 e. The lowest BCUT2D eigenvalue weighted by Gasteiger charge is -2.31. The number of benzene rings is 2. The monoisotopic (exact) mass is 448 g/mol. The van der Waals surface area contributed by atoms with Gasteiger partial charge in [-0.25, -0.2) is 17.5 Å². The molecule has 1 aliphatic heterocycles. The number of carbonyl (C=O) groups is 1. The van der Waals surface area contributed by atoms with Crippen LogP contribution < -0.4 is 10.0 Å². The molecule has 9 heteroatoms. The van der Waals surface area contributed by atoms with Crippen LogP contribution in [-0.2, 0) is 19.6 Å². The molecule has 1 heterocycles. The van der Waals surface area contributed by atoms with Gasteiger partial charge in [0.2, 0.25) is 15.9 Å². The third-order valence-corrected chi connectivity index (χ3v) is 6.38. The van der Waals surface area contributed by atoms with Gasteiger partial charge < -0.3 is 15.2 Å². The maximum atomic E-state index is 13.4. The number of ether oxygens (including phenoxy) is 1. The predicted octanol–water partition coefficient (Wildman–Crippen LogP) is 2.06. The highest BCUT2D eigenvalue weighted by Gasteiger charge is 2.31. The molecule has 0 saturated carbocycles. The van der Waals surface area contributed by atoms with Gasteiger partial charge in [0.05, 0.1) is 36.1 Å². The summed E-state index contributed by atoms with van der Waals surface area (Å²) in [6.07, 6.45) is 1.64. The van der Waals surface area contributed by atoms with Crippen LogP contribution in [0.15, 0.2) is 71.6 Å². The molecule has 7 nitrogen and oxygen atoms in total. The molecule has 4 atom stereocenters. The fraction of sp³-hybridized carbons (Fsp3) is 0.318. The lowest BCUT2D eigenvalue weighted by Crippen LogP contribution is -2.49. The molecule has 31 heavy (non-hydrogen) atoms. The largest absolute Gasteiger partial charge is 0.394 e. The van der Waals surface area contributed by atoms with Crippen molar-refractivity contribution in [1.29, 1.82) is 0 Å². The summed E-state index contributed by atoms with van der Waals surface area (Å²) in [4.78, 5) is 12.2. The third kappa shape index (κ3) is 6.20. The van der Waals surface area contributed by atoms with Gasteiger partial charge in [0.1, 0.15) is 11.9 Å². The van der Waals surface area contributed by atoms with Gasteiger partial charge in [-0.2, -0.15) is 0 Å². The van der Waals surface area contributed by atoms with Gasteiger partial charge in [0.25, 0.3) is 0 Å². The van der Waals surface area contributed by atoms with Crippen molar-refractivity contribution >= 4 is 15.9 Å². The number of aliphatic hydroxyl groups is 1. The van der Waals surface area contributed by atoms with Gasteiger partial charge in [0, 0.05) is 0 Å². The van der Waals surface area contributed by atoms with E-state index in [1.54, 1.807) is 12.2 Å². The Labute approximate surface area is 181 Å². The molecule has 1 amide bonds. The zero-order chi connectivity index (χ0) is 22.4. The number of sulfonamides is 1. The highest BCUT2D eigenvalue weighted by molar-refractivity contribution is 7.89. The molecule has 0 aliphatic carbocycles. The van der Waals surface area contributed by atoms with Crippen LogP contribution in [0, 0.1) is 5.82 Å². The van der Waals surface area contributed by atoms with Crippen molar-refractivity contribution in [2.24, 2.45) is 0 Å². The molecule has 0 saturated heterocycles. The molecule has 2 aromatic carbocycles. The van der Waals surface area contributed by atoms with E-state index in [2.05, 4.69) is 10.0 Å². The van der Waals surface area contributed by atoms with Crippen molar-refractivity contribution in [3.63, 3.8) is 0 Å². The van der Waals surface area contributed by atoms with E-state index in [0.29, 0.717) is 0 Å². The van der Waals surface area contributed by atoms with E-state index in [0.717, 1.165) is 17.7 Å². The maximum absolute atomic E-state index is 13.4. The van der Waals surface area contributed by atoms with Gasteiger partial charge in [-0.1, -0.05) is 48.6 Å². The number of hydrogen-bond donors (Lipinski definition) is 3. The van der Waals surface area contributed by atoms with Gasteiger partial charge in [0.15, 0.2) is 0 Å². The lowest BCUT2D eigenvalue weighted by molar-refractivity contribution is -0.125. The van der Waals surface area contributed by atoms with E-state index in [1.807, 2.05) is 37.3 Å². The number of hydrogen-bond acceptors (Lipinski definition) is 5. The van der Waals surface area contributed by atoms with E-state index in [9.17, 15) is 22.7 Å². The van der Waals surface area contributed by atoms with Crippen molar-refractivity contribution in [1.82, 2.24) is 10.0 Å². The van der Waals surface area contributed by atoms with E-state index in [-0.39, 0.29) is 23.3 Å². The highest BCUT2D eigenvalue weighted by Crippen LogP contribution is 2.19. The van der Waals surface area contributed by atoms with Crippen molar-refractivity contribution in [3.8, 4) is 0 Å². The molecule has 0 fully saturated rings. The molecular weight excluding hydrogens is 423 g/mol. The summed E-state index contributed by atoms with van der Waals surface area (Å²) in [6.45, 7) is 1.41. The SMILES string of the molecule is C[C@H](NC(=O)C[C@@H]1C=C[C@H](NS(=O)(=O)c2cccc(F)c2)[C@@H](CO)O1)c1ccccc1. The molecule has 166 valence electrons. The number of amides is 1. The first-order chi connectivity index (χ1) is 14.8. The number of carbonyl (C=O) groups excluding carboxylic acids is 1. The Morgan fingerprint density at radius 3 is 2.58 bits per heavy atom. The molecule has 0 radical (unpaired) electrons. The zero-order valence-corrected chi connectivity index (χ0v) is 17.8. The Hall–Kier alpha value is -2.59. The molecule has 3 N–H and O–H groups in total. The first kappa shape index (κ1) is 23.1. The second-order valence-corrected chi connectivity index (χ2v) is 9.00. The molecular formula is C22H25FN2O5S. The van der Waals surface area contributed by atoms with E-state index < -0.39 is 40.7 Å². The number of aliphatic hydroxyl groups excluding tert-OH is 1. The fourth-order valence-electron chi connectivity index (χ4n) is 3.30. The Kier molecular flexibility index (Phi) is 7.55. The van der Waals surface area contributed by atoms with Gasteiger partial charge in [-0.3, -0.25) is 4.79 Å². The average Bonchev–Trinajstić information content (AvgIpc) is 2.75. The Morgan fingerprint density at radius 2 is 1.90 bits per heavy atom. The van der Waals surface area contributed by atoms with E-state index in [1.165, 1.54) is 12.1 Å². The van der Waals surface area contributed by atoms with Crippen molar-refractivity contribution < 1.29 is 27.4 Å². The summed E-state index contributed by atoms with van der Waals surface area (Å²) >= 11 is 0. The van der Waals surface area contributed by atoms with Crippen molar-refractivity contribution in [2.45, 2.75) is 42.5 Å². The molecule has 0 bridgehead atoms. The van der Waals surface area contributed by atoms with Crippen molar-refractivity contribution in [3.05, 3.63) is 78.1 Å². The molecule has 0 unspecified atom stereocenters. The third-order valence-electron chi connectivity index (χ3n) is 4.92. The Balaban J connectivity index is 1.61. The zero-order valence-electron chi connectivity index (χ0n) is 16.9. The van der Waals surface area contributed by atoms with Gasteiger partial charge in [-0.15, -0.1) is 0 Å². The van der Waals surface area contributed by atoms with Crippen LogP contribution in [0.4, 0.5) is 4.39 Å². The topological polar surface area (TPSA) is 105 Å². The number of nitrogens with one attached hydrogen (secondary N) is 2. The first-order valence-electron chi connectivity index (χ1n) is 9.85. The summed E-state index contributed by atoms with van der Waals surface area (Å²) in [5.74, 6) is -0.908. The van der Waals surface area contributed by atoms with E-state index in [4.69, 9.17) is 4.74 Å². The summed E-state index contributed by atoms with van der Waals surface area (Å²) in [5.41, 5.74) is 0.969. The Morgan fingerprint density at radius 1 is 1.16 bits per heavy atom. The van der Waals surface area contributed by atoms with E-state index >= 15 is 0 Å². The minimum absolute atomic E-state index is 0.0214. The second-order valence-electron chi connectivity index (χ2n) is 7.29. The summed E-state index contributed by atoms with van der Waals surface area (Å²) in [7, 11) is -4.02. The average molecular weight is 449 g/mol. The molecule has 1 aliphatic rings. The number of halogens is 1. The van der Waals surface area contributed by atoms with Crippen molar-refractivity contribution in [2.75, 3.05) is 6.61 Å². The van der Waals surface area contributed by atoms with Crippen LogP contribution in [0.2, 0.25) is 0 Å². The fourth-order valence-corrected chi connectivity index (χ4v) is 4.55. The smallest absolute Gasteiger partial charge is 0.241 e. The van der Waals surface area contributed by atoms with Crippen LogP contribution in [0.3, 0.4) is 0 Å². The predicted molar refractivity (Wildman–Crippen MR) is 113 cm³/mol. The van der Waals surface area contributed by atoms with Gasteiger partial charge in [-0.05, 0) is 30.7 Å². The second kappa shape index (κ2) is 10.1. The van der Waals surface area contributed by atoms with Crippen LogP contribution in [0.25, 0.3) is 0 Å². The normalized spacial score (nSPS) is 22.1. The summed E-state index contributed by atoms with van der Waals surface area (Å²) < 4.78 is 46.5. The summed E-state index contributed by atoms with van der Waals surface area (Å²) in [5, 5.41) is 12.6. The van der Waals surface area contributed by atoms with Crippen LogP contribution in [-0.4, -0.2) is 44.3 Å². The molecule has 2 aromatic rings. The lowest BCUT2D eigenvalue weighted by atomic mass is 10.0. The minimum atomic E-state index is -4.02. The molecule has 0 spiro atoms. The quantitative estimate of drug-likeness (QED) is 0.536. The molecule has 0 aromatic heterocycles. The van der Waals surface area contributed by atoms with Crippen LogP contribution >= 0.6 is 0 Å². The highest BCUT2D eigenvalue weighted by atomic mass is 32.2. The Bertz CT molecular complexity index is 1030. The standard InChI is InChI=1S/C22H25FN2O5S/c1-15(16-6-3-2-4-7-16)24-22(27)13-18-10-11-20(21(14-26)30-18)25-31(28,29)19-9-5-8-17(23)12-19/h2-12,15,18,20-21,25-26H,13-14H2,1H3,(H,24,27)/t15-,18-,20-,21+/m0/s1. The van der Waals surface area contributed by atoms with Crippen LogP contribution in [0.5, 0.6) is 0 Å². The van der Waals surface area contributed by atoms with Crippen LogP contribution in [0.1, 0.15) is 24.9 Å². The molecule has 3 rings (SSSR count). The maximum Gasteiger partial charge on any atom is 0.241 e. The first-order valence-corrected chi connectivity index (χ1v) is 11.3. The number of rotatable bonds is 8.